The van der Waals surface area contributed by atoms with Crippen molar-refractivity contribution < 1.29 is 19.4 Å². The van der Waals surface area contributed by atoms with Gasteiger partial charge in [-0.1, -0.05) is 66.2 Å². The molecule has 3 aromatic rings. The molecule has 32 heavy (non-hydrogen) atoms. The molecular weight excluding hydrogens is 428 g/mol. The molecule has 2 N–H and O–H groups in total. The summed E-state index contributed by atoms with van der Waals surface area (Å²) in [6.45, 7) is 0.344. The second kappa shape index (κ2) is 9.85. The van der Waals surface area contributed by atoms with E-state index in [9.17, 15) is 14.7 Å². The van der Waals surface area contributed by atoms with Crippen molar-refractivity contribution in [1.82, 2.24) is 5.32 Å². The van der Waals surface area contributed by atoms with Crippen LogP contribution in [-0.4, -0.2) is 35.7 Å². The van der Waals surface area contributed by atoms with Gasteiger partial charge in [-0.15, -0.1) is 0 Å². The molecule has 1 aliphatic heterocycles. The molecule has 1 unspecified atom stereocenters. The van der Waals surface area contributed by atoms with Crippen LogP contribution in [0.1, 0.15) is 11.1 Å². The minimum absolute atomic E-state index is 0.0333. The van der Waals surface area contributed by atoms with Crippen LogP contribution in [0.5, 0.6) is 5.75 Å². The van der Waals surface area contributed by atoms with E-state index >= 15 is 0 Å². The van der Waals surface area contributed by atoms with Crippen LogP contribution < -0.4 is 15.0 Å². The van der Waals surface area contributed by atoms with Gasteiger partial charge in [0.1, 0.15) is 24.4 Å². The molecule has 0 radical (unpaired) electrons. The lowest BCUT2D eigenvalue weighted by Gasteiger charge is -2.26. The van der Waals surface area contributed by atoms with Gasteiger partial charge in [-0.3, -0.25) is 14.9 Å². The monoisotopic (exact) mass is 450 g/mol. The molecule has 4 rings (SSSR count). The Hall–Kier alpha value is -3.35. The zero-order chi connectivity index (χ0) is 22.5. The highest BCUT2D eigenvalue weighted by atomic mass is 35.5. The van der Waals surface area contributed by atoms with Crippen LogP contribution in [0.3, 0.4) is 0 Å². The first-order chi connectivity index (χ1) is 15.5. The predicted molar refractivity (Wildman–Crippen MR) is 123 cm³/mol. The Morgan fingerprint density at radius 3 is 2.44 bits per heavy atom. The van der Waals surface area contributed by atoms with E-state index in [1.807, 2.05) is 60.7 Å². The van der Waals surface area contributed by atoms with Gasteiger partial charge in [0.05, 0.1) is 12.2 Å². The topological polar surface area (TPSA) is 78.9 Å². The number of benzene rings is 3. The standard InChI is InChI=1S/C25H23ClN2O4/c26-19-12-10-18(11-13-19)15-28-22-8-4-5-9-23(22)32-16-21(24(28)29)27-20(25(30)31)14-17-6-2-1-3-7-17/h1-13,20-21,27H,14-16H2,(H,30,31)/t20-,21?/m0/s1. The first-order valence-corrected chi connectivity index (χ1v) is 10.7. The molecule has 7 heteroatoms. The molecular formula is C25H23ClN2O4. The summed E-state index contributed by atoms with van der Waals surface area (Å²) in [6, 6.07) is 22.2. The molecule has 164 valence electrons. The number of rotatable bonds is 7. The van der Waals surface area contributed by atoms with Crippen LogP contribution in [0.25, 0.3) is 0 Å². The van der Waals surface area contributed by atoms with Crippen LogP contribution in [0.15, 0.2) is 78.9 Å². The number of carboxylic acid groups (broad SMARTS) is 1. The van der Waals surface area contributed by atoms with Gasteiger partial charge < -0.3 is 14.7 Å². The van der Waals surface area contributed by atoms with Crippen LogP contribution >= 0.6 is 11.6 Å². The third kappa shape index (κ3) is 5.10. The van der Waals surface area contributed by atoms with Crippen molar-refractivity contribution in [2.24, 2.45) is 0 Å². The molecule has 6 nitrogen and oxygen atoms in total. The van der Waals surface area contributed by atoms with Gasteiger partial charge in [0.15, 0.2) is 0 Å². The molecule has 1 heterocycles. The third-order valence-electron chi connectivity index (χ3n) is 5.36. The summed E-state index contributed by atoms with van der Waals surface area (Å²) in [5.74, 6) is -0.689. The fourth-order valence-corrected chi connectivity index (χ4v) is 3.84. The Kier molecular flexibility index (Phi) is 6.73. The SMILES string of the molecule is O=C(O)[C@H](Cc1ccccc1)NC1COc2ccccc2N(Cc2ccc(Cl)cc2)C1=O. The van der Waals surface area contributed by atoms with Gasteiger partial charge in [0, 0.05) is 5.02 Å². The van der Waals surface area contributed by atoms with E-state index in [1.165, 1.54) is 0 Å². The van der Waals surface area contributed by atoms with E-state index in [0.717, 1.165) is 11.1 Å². The molecule has 0 aromatic heterocycles. The fraction of sp³-hybridized carbons (Fsp3) is 0.200. The average molecular weight is 451 g/mol. The van der Waals surface area contributed by atoms with Gasteiger partial charge in [0.2, 0.25) is 5.91 Å². The average Bonchev–Trinajstić information content (AvgIpc) is 2.93. The Morgan fingerprint density at radius 1 is 1.03 bits per heavy atom. The van der Waals surface area contributed by atoms with E-state index in [0.29, 0.717) is 23.0 Å². The Bertz CT molecular complexity index is 1090. The molecule has 1 aliphatic rings. The van der Waals surface area contributed by atoms with Gasteiger partial charge in [-0.2, -0.15) is 0 Å². The third-order valence-corrected chi connectivity index (χ3v) is 5.61. The summed E-state index contributed by atoms with van der Waals surface area (Å²) in [5, 5.41) is 13.4. The summed E-state index contributed by atoms with van der Waals surface area (Å²) in [7, 11) is 0. The number of carbonyl (C=O) groups excluding carboxylic acids is 1. The lowest BCUT2D eigenvalue weighted by atomic mass is 10.0. The summed E-state index contributed by atoms with van der Waals surface area (Å²) < 4.78 is 5.91. The smallest absolute Gasteiger partial charge is 0.321 e. The molecule has 2 atom stereocenters. The first kappa shape index (κ1) is 21.9. The van der Waals surface area contributed by atoms with E-state index < -0.39 is 18.1 Å². The number of hydrogen-bond donors (Lipinski definition) is 2. The molecule has 0 saturated carbocycles. The second-order valence-electron chi connectivity index (χ2n) is 7.63. The molecule has 1 amide bonds. The maximum atomic E-state index is 13.6. The lowest BCUT2D eigenvalue weighted by molar-refractivity contribution is -0.140. The number of para-hydroxylation sites is 2. The number of fused-ring (bicyclic) bond motifs is 1. The summed E-state index contributed by atoms with van der Waals surface area (Å²) in [6.07, 6.45) is 0.254. The minimum Gasteiger partial charge on any atom is -0.489 e. The lowest BCUT2D eigenvalue weighted by Crippen LogP contribution is -2.54. The second-order valence-corrected chi connectivity index (χ2v) is 8.07. The highest BCUT2D eigenvalue weighted by Crippen LogP contribution is 2.32. The summed E-state index contributed by atoms with van der Waals surface area (Å²) in [5.41, 5.74) is 2.42. The molecule has 0 spiro atoms. The molecule has 0 aliphatic carbocycles. The number of aliphatic carboxylic acids is 1. The number of ether oxygens (including phenoxy) is 1. The highest BCUT2D eigenvalue weighted by Gasteiger charge is 2.34. The van der Waals surface area contributed by atoms with Crippen LogP contribution in [0.4, 0.5) is 5.69 Å². The minimum atomic E-state index is -1.02. The predicted octanol–water partition coefficient (Wildman–Crippen LogP) is 3.92. The maximum absolute atomic E-state index is 13.6. The van der Waals surface area contributed by atoms with E-state index in [-0.39, 0.29) is 18.9 Å². The number of nitrogens with one attached hydrogen (secondary N) is 1. The molecule has 0 fully saturated rings. The zero-order valence-corrected chi connectivity index (χ0v) is 18.0. The summed E-state index contributed by atoms with van der Waals surface area (Å²) in [4.78, 5) is 27.1. The van der Waals surface area contributed by atoms with Crippen molar-refractivity contribution in [2.75, 3.05) is 11.5 Å². The summed E-state index contributed by atoms with van der Waals surface area (Å²) >= 11 is 6.00. The number of anilines is 1. The number of amides is 1. The normalized spacial score (nSPS) is 16.6. The van der Waals surface area contributed by atoms with Gasteiger partial charge in [0.25, 0.3) is 0 Å². The Labute approximate surface area is 191 Å². The quantitative estimate of drug-likeness (QED) is 0.570. The number of hydrogen-bond acceptors (Lipinski definition) is 4. The Morgan fingerprint density at radius 2 is 1.72 bits per heavy atom. The number of carbonyl (C=O) groups is 2. The van der Waals surface area contributed by atoms with Gasteiger partial charge in [-0.05, 0) is 41.8 Å². The van der Waals surface area contributed by atoms with Crippen LogP contribution in [0.2, 0.25) is 5.02 Å². The van der Waals surface area contributed by atoms with Crippen molar-refractivity contribution in [3.63, 3.8) is 0 Å². The van der Waals surface area contributed by atoms with Crippen LogP contribution in [-0.2, 0) is 22.6 Å². The van der Waals surface area contributed by atoms with E-state index in [4.69, 9.17) is 16.3 Å². The number of carboxylic acids is 1. The van der Waals surface area contributed by atoms with Crippen molar-refractivity contribution in [3.05, 3.63) is 95.0 Å². The molecule has 0 saturated heterocycles. The maximum Gasteiger partial charge on any atom is 0.321 e. The molecule has 0 bridgehead atoms. The van der Waals surface area contributed by atoms with E-state index in [2.05, 4.69) is 5.32 Å². The fourth-order valence-electron chi connectivity index (χ4n) is 3.72. The number of halogens is 1. The van der Waals surface area contributed by atoms with E-state index in [1.54, 1.807) is 23.1 Å². The van der Waals surface area contributed by atoms with Gasteiger partial charge >= 0.3 is 5.97 Å². The van der Waals surface area contributed by atoms with Gasteiger partial charge in [-0.25, -0.2) is 0 Å². The molecule has 3 aromatic carbocycles. The van der Waals surface area contributed by atoms with Crippen molar-refractivity contribution in [1.29, 1.82) is 0 Å². The zero-order valence-electron chi connectivity index (χ0n) is 17.3. The first-order valence-electron chi connectivity index (χ1n) is 10.3. The largest absolute Gasteiger partial charge is 0.489 e. The van der Waals surface area contributed by atoms with Crippen molar-refractivity contribution >= 4 is 29.2 Å². The Balaban J connectivity index is 1.60. The van der Waals surface area contributed by atoms with Crippen LogP contribution in [0, 0.1) is 0 Å². The number of nitrogens with zero attached hydrogens (tertiary/aromatic N) is 1. The van der Waals surface area contributed by atoms with Crippen molar-refractivity contribution in [3.8, 4) is 5.75 Å². The van der Waals surface area contributed by atoms with Crippen molar-refractivity contribution in [2.45, 2.75) is 25.0 Å². The highest BCUT2D eigenvalue weighted by molar-refractivity contribution is 6.30.